The summed E-state index contributed by atoms with van der Waals surface area (Å²) in [4.78, 5) is 3.99. The van der Waals surface area contributed by atoms with E-state index in [1.165, 1.54) is 5.56 Å². The molecule has 2 rings (SSSR count). The Morgan fingerprint density at radius 1 is 1.05 bits per heavy atom. The molecule has 0 spiro atoms. The van der Waals surface area contributed by atoms with Crippen molar-refractivity contribution in [2.24, 2.45) is 0 Å². The number of nitrogens with zero attached hydrogens (tertiary/aromatic N) is 1. The fourth-order valence-corrected chi connectivity index (χ4v) is 1.82. The molecule has 19 heavy (non-hydrogen) atoms. The van der Waals surface area contributed by atoms with Crippen molar-refractivity contribution >= 4 is 0 Å². The molecule has 1 aromatic heterocycles. The van der Waals surface area contributed by atoms with Gasteiger partial charge in [0.2, 0.25) is 0 Å². The van der Waals surface area contributed by atoms with Crippen molar-refractivity contribution < 1.29 is 4.74 Å². The summed E-state index contributed by atoms with van der Waals surface area (Å²) < 4.78 is 5.73. The normalized spacial score (nSPS) is 12.1. The van der Waals surface area contributed by atoms with Crippen molar-refractivity contribution in [3.63, 3.8) is 0 Å². The number of benzene rings is 1. The number of nitrogens with one attached hydrogen (secondary N) is 1. The average Bonchev–Trinajstić information content (AvgIpc) is 2.47. The van der Waals surface area contributed by atoms with E-state index in [1.54, 1.807) is 12.4 Å². The predicted octanol–water partition coefficient (Wildman–Crippen LogP) is 2.81. The summed E-state index contributed by atoms with van der Waals surface area (Å²) >= 11 is 0. The standard InChI is InChI=1S/C16H20N2O/c1-13(17-2)11-14-3-5-16(6-4-14)19-12-15-7-9-18-10-8-15/h3-10,13,17H,11-12H2,1-2H3. The van der Waals surface area contributed by atoms with Crippen LogP contribution in [0.1, 0.15) is 18.1 Å². The van der Waals surface area contributed by atoms with Gasteiger partial charge in [-0.15, -0.1) is 0 Å². The molecular weight excluding hydrogens is 236 g/mol. The van der Waals surface area contributed by atoms with Crippen LogP contribution in [-0.4, -0.2) is 18.1 Å². The minimum absolute atomic E-state index is 0.489. The van der Waals surface area contributed by atoms with Gasteiger partial charge in [-0.25, -0.2) is 0 Å². The van der Waals surface area contributed by atoms with E-state index >= 15 is 0 Å². The fraction of sp³-hybridized carbons (Fsp3) is 0.312. The highest BCUT2D eigenvalue weighted by Crippen LogP contribution is 2.15. The van der Waals surface area contributed by atoms with E-state index < -0.39 is 0 Å². The third-order valence-corrected chi connectivity index (χ3v) is 3.11. The zero-order valence-electron chi connectivity index (χ0n) is 11.5. The van der Waals surface area contributed by atoms with Crippen LogP contribution in [0.25, 0.3) is 0 Å². The first kappa shape index (κ1) is 13.6. The minimum Gasteiger partial charge on any atom is -0.489 e. The van der Waals surface area contributed by atoms with Crippen molar-refractivity contribution in [3.8, 4) is 5.75 Å². The zero-order valence-corrected chi connectivity index (χ0v) is 11.5. The van der Waals surface area contributed by atoms with Gasteiger partial charge in [-0.05, 0) is 55.8 Å². The molecule has 0 amide bonds. The van der Waals surface area contributed by atoms with Gasteiger partial charge in [-0.3, -0.25) is 4.98 Å². The lowest BCUT2D eigenvalue weighted by Gasteiger charge is -2.11. The van der Waals surface area contributed by atoms with Gasteiger partial charge in [0.25, 0.3) is 0 Å². The summed E-state index contributed by atoms with van der Waals surface area (Å²) in [6.45, 7) is 2.75. The van der Waals surface area contributed by atoms with Crippen LogP contribution in [0.5, 0.6) is 5.75 Å². The third kappa shape index (κ3) is 4.38. The van der Waals surface area contributed by atoms with E-state index in [2.05, 4.69) is 29.4 Å². The number of rotatable bonds is 6. The smallest absolute Gasteiger partial charge is 0.119 e. The molecule has 0 bridgehead atoms. The second kappa shape index (κ2) is 6.90. The van der Waals surface area contributed by atoms with Crippen molar-refractivity contribution in [1.82, 2.24) is 10.3 Å². The molecule has 0 radical (unpaired) electrons. The molecule has 1 aromatic carbocycles. The van der Waals surface area contributed by atoms with Crippen LogP contribution in [0.4, 0.5) is 0 Å². The summed E-state index contributed by atoms with van der Waals surface area (Å²) in [5.74, 6) is 0.901. The van der Waals surface area contributed by atoms with Gasteiger partial charge in [0.15, 0.2) is 0 Å². The number of likely N-dealkylation sites (N-methyl/N-ethyl adjacent to an activating group) is 1. The Hall–Kier alpha value is -1.87. The van der Waals surface area contributed by atoms with Crippen molar-refractivity contribution in [2.75, 3.05) is 7.05 Å². The van der Waals surface area contributed by atoms with Crippen LogP contribution in [0.3, 0.4) is 0 Å². The van der Waals surface area contributed by atoms with Crippen LogP contribution in [0.15, 0.2) is 48.8 Å². The van der Waals surface area contributed by atoms with Crippen LogP contribution >= 0.6 is 0 Å². The highest BCUT2D eigenvalue weighted by atomic mass is 16.5. The lowest BCUT2D eigenvalue weighted by Crippen LogP contribution is -2.23. The Kier molecular flexibility index (Phi) is 4.93. The number of aromatic nitrogens is 1. The quantitative estimate of drug-likeness (QED) is 0.863. The number of ether oxygens (including phenoxy) is 1. The molecule has 1 unspecified atom stereocenters. The van der Waals surface area contributed by atoms with Gasteiger partial charge in [0.1, 0.15) is 12.4 Å². The monoisotopic (exact) mass is 256 g/mol. The maximum absolute atomic E-state index is 5.73. The molecule has 2 aromatic rings. The lowest BCUT2D eigenvalue weighted by atomic mass is 10.1. The van der Waals surface area contributed by atoms with E-state index in [1.807, 2.05) is 31.3 Å². The minimum atomic E-state index is 0.489. The number of hydrogen-bond donors (Lipinski definition) is 1. The summed E-state index contributed by atoms with van der Waals surface area (Å²) in [6.07, 6.45) is 4.59. The molecule has 0 aliphatic rings. The molecule has 1 heterocycles. The Morgan fingerprint density at radius 2 is 1.74 bits per heavy atom. The van der Waals surface area contributed by atoms with Crippen LogP contribution in [0, 0.1) is 0 Å². The van der Waals surface area contributed by atoms with E-state index in [0.717, 1.165) is 17.7 Å². The maximum atomic E-state index is 5.73. The first-order valence-electron chi connectivity index (χ1n) is 6.56. The molecule has 0 fully saturated rings. The van der Waals surface area contributed by atoms with Crippen molar-refractivity contribution in [1.29, 1.82) is 0 Å². The van der Waals surface area contributed by atoms with Crippen LogP contribution in [-0.2, 0) is 13.0 Å². The van der Waals surface area contributed by atoms with E-state index in [0.29, 0.717) is 12.6 Å². The molecule has 0 saturated carbocycles. The molecule has 1 N–H and O–H groups in total. The Bertz CT molecular complexity index is 482. The predicted molar refractivity (Wildman–Crippen MR) is 77.2 cm³/mol. The van der Waals surface area contributed by atoms with E-state index in [9.17, 15) is 0 Å². The van der Waals surface area contributed by atoms with Crippen molar-refractivity contribution in [3.05, 3.63) is 59.9 Å². The molecule has 3 nitrogen and oxygen atoms in total. The zero-order chi connectivity index (χ0) is 13.5. The number of hydrogen-bond acceptors (Lipinski definition) is 3. The van der Waals surface area contributed by atoms with E-state index in [-0.39, 0.29) is 0 Å². The van der Waals surface area contributed by atoms with Crippen LogP contribution < -0.4 is 10.1 Å². The molecular formula is C16H20N2O. The fourth-order valence-electron chi connectivity index (χ4n) is 1.82. The summed E-state index contributed by atoms with van der Waals surface area (Å²) in [5.41, 5.74) is 2.45. The van der Waals surface area contributed by atoms with Gasteiger partial charge in [-0.1, -0.05) is 12.1 Å². The molecule has 0 aliphatic heterocycles. The average molecular weight is 256 g/mol. The molecule has 1 atom stereocenters. The van der Waals surface area contributed by atoms with E-state index in [4.69, 9.17) is 4.74 Å². The highest BCUT2D eigenvalue weighted by molar-refractivity contribution is 5.28. The molecule has 0 saturated heterocycles. The van der Waals surface area contributed by atoms with Gasteiger partial charge in [0, 0.05) is 18.4 Å². The maximum Gasteiger partial charge on any atom is 0.119 e. The summed E-state index contributed by atoms with van der Waals surface area (Å²) in [6, 6.07) is 12.7. The first-order valence-corrected chi connectivity index (χ1v) is 6.56. The SMILES string of the molecule is CNC(C)Cc1ccc(OCc2ccncc2)cc1. The Balaban J connectivity index is 1.88. The molecule has 100 valence electrons. The highest BCUT2D eigenvalue weighted by Gasteiger charge is 2.01. The molecule has 3 heteroatoms. The van der Waals surface area contributed by atoms with Gasteiger partial charge in [-0.2, -0.15) is 0 Å². The first-order chi connectivity index (χ1) is 9.28. The van der Waals surface area contributed by atoms with Gasteiger partial charge in [0.05, 0.1) is 0 Å². The Morgan fingerprint density at radius 3 is 2.37 bits per heavy atom. The van der Waals surface area contributed by atoms with Crippen LogP contribution in [0.2, 0.25) is 0 Å². The Labute approximate surface area is 114 Å². The van der Waals surface area contributed by atoms with Gasteiger partial charge < -0.3 is 10.1 Å². The second-order valence-corrected chi connectivity index (χ2v) is 4.68. The summed E-state index contributed by atoms with van der Waals surface area (Å²) in [5, 5.41) is 3.24. The topological polar surface area (TPSA) is 34.1 Å². The molecule has 0 aliphatic carbocycles. The lowest BCUT2D eigenvalue weighted by molar-refractivity contribution is 0.306. The largest absolute Gasteiger partial charge is 0.489 e. The van der Waals surface area contributed by atoms with Crippen molar-refractivity contribution in [2.45, 2.75) is 26.0 Å². The summed E-state index contributed by atoms with van der Waals surface area (Å²) in [7, 11) is 1.98. The third-order valence-electron chi connectivity index (χ3n) is 3.11. The second-order valence-electron chi connectivity index (χ2n) is 4.68. The number of pyridine rings is 1. The van der Waals surface area contributed by atoms with Gasteiger partial charge >= 0.3 is 0 Å².